The van der Waals surface area contributed by atoms with Gasteiger partial charge in [0.05, 0.1) is 31.5 Å². The zero-order chi connectivity index (χ0) is 17.1. The Bertz CT molecular complexity index is 761. The number of hydrogen-bond acceptors (Lipinski definition) is 4. The van der Waals surface area contributed by atoms with Gasteiger partial charge in [0.25, 0.3) is 5.91 Å². The first kappa shape index (κ1) is 16.5. The summed E-state index contributed by atoms with van der Waals surface area (Å²) in [6.45, 7) is 0.988. The fourth-order valence-electron chi connectivity index (χ4n) is 2.58. The van der Waals surface area contributed by atoms with E-state index in [-0.39, 0.29) is 19.1 Å². The molecule has 2 heterocycles. The molecule has 1 saturated heterocycles. The molecule has 1 atom stereocenters. The highest BCUT2D eigenvalue weighted by atomic mass is 35.5. The smallest absolute Gasteiger partial charge is 0.328 e. The van der Waals surface area contributed by atoms with Crippen LogP contribution in [0, 0.1) is 0 Å². The molecule has 1 aliphatic heterocycles. The van der Waals surface area contributed by atoms with Crippen LogP contribution in [-0.4, -0.2) is 57.5 Å². The lowest BCUT2D eigenvalue weighted by Crippen LogP contribution is -2.52. The molecule has 1 unspecified atom stereocenters. The number of carbonyl (C=O) groups excluding carboxylic acids is 1. The molecule has 1 fully saturated rings. The Morgan fingerprint density at radius 3 is 2.92 bits per heavy atom. The summed E-state index contributed by atoms with van der Waals surface area (Å²) in [4.78, 5) is 25.2. The second-order valence-corrected chi connectivity index (χ2v) is 5.85. The van der Waals surface area contributed by atoms with Crippen molar-refractivity contribution < 1.29 is 19.4 Å². The van der Waals surface area contributed by atoms with Crippen molar-refractivity contribution in [3.8, 4) is 0 Å². The van der Waals surface area contributed by atoms with E-state index in [1.807, 2.05) is 18.2 Å². The van der Waals surface area contributed by atoms with Gasteiger partial charge in [-0.05, 0) is 11.6 Å². The predicted octanol–water partition coefficient (Wildman–Crippen LogP) is 1.51. The number of carbonyl (C=O) groups is 2. The first-order chi connectivity index (χ1) is 11.6. The van der Waals surface area contributed by atoms with E-state index in [2.05, 4.69) is 5.10 Å². The van der Waals surface area contributed by atoms with Crippen molar-refractivity contribution in [3.05, 3.63) is 52.8 Å². The van der Waals surface area contributed by atoms with Crippen LogP contribution in [0.25, 0.3) is 0 Å². The Morgan fingerprint density at radius 2 is 2.17 bits per heavy atom. The summed E-state index contributed by atoms with van der Waals surface area (Å²) < 4.78 is 6.75. The highest BCUT2D eigenvalue weighted by molar-refractivity contribution is 6.31. The van der Waals surface area contributed by atoms with Crippen molar-refractivity contribution in [2.75, 3.05) is 19.8 Å². The number of halogens is 1. The number of amides is 1. The second-order valence-electron chi connectivity index (χ2n) is 5.45. The zero-order valence-corrected chi connectivity index (χ0v) is 13.5. The third kappa shape index (κ3) is 3.42. The van der Waals surface area contributed by atoms with Crippen molar-refractivity contribution in [1.82, 2.24) is 14.7 Å². The number of carboxylic acid groups (broad SMARTS) is 1. The number of aromatic nitrogens is 2. The Hall–Kier alpha value is -2.38. The molecule has 24 heavy (non-hydrogen) atoms. The number of hydrogen-bond donors (Lipinski definition) is 1. The number of morpholine rings is 1. The predicted molar refractivity (Wildman–Crippen MR) is 86.1 cm³/mol. The van der Waals surface area contributed by atoms with Crippen LogP contribution < -0.4 is 0 Å². The van der Waals surface area contributed by atoms with Crippen LogP contribution in [-0.2, 0) is 16.1 Å². The van der Waals surface area contributed by atoms with Crippen LogP contribution in [0.1, 0.15) is 15.9 Å². The maximum Gasteiger partial charge on any atom is 0.328 e. The molecule has 2 aromatic rings. The van der Waals surface area contributed by atoms with E-state index in [0.29, 0.717) is 23.7 Å². The first-order valence-electron chi connectivity index (χ1n) is 7.43. The van der Waals surface area contributed by atoms with Gasteiger partial charge in [-0.25, -0.2) is 4.79 Å². The van der Waals surface area contributed by atoms with Gasteiger partial charge in [-0.3, -0.25) is 9.48 Å². The number of rotatable bonds is 4. The largest absolute Gasteiger partial charge is 0.480 e. The molecule has 7 nitrogen and oxygen atoms in total. The van der Waals surface area contributed by atoms with Gasteiger partial charge in [-0.2, -0.15) is 5.10 Å². The molecule has 0 aliphatic carbocycles. The number of benzene rings is 1. The normalized spacial score (nSPS) is 17.7. The van der Waals surface area contributed by atoms with Gasteiger partial charge < -0.3 is 14.7 Å². The summed E-state index contributed by atoms with van der Waals surface area (Å²) in [6, 6.07) is 6.42. The number of aliphatic carboxylic acids is 1. The molecular formula is C16H16ClN3O4. The lowest BCUT2D eigenvalue weighted by atomic mass is 10.2. The maximum absolute atomic E-state index is 12.6. The monoisotopic (exact) mass is 349 g/mol. The van der Waals surface area contributed by atoms with Crippen LogP contribution in [0.3, 0.4) is 0 Å². The Kier molecular flexibility index (Phi) is 4.82. The third-order valence-electron chi connectivity index (χ3n) is 3.84. The fourth-order valence-corrected chi connectivity index (χ4v) is 2.77. The first-order valence-corrected chi connectivity index (χ1v) is 7.81. The van der Waals surface area contributed by atoms with E-state index in [0.717, 1.165) is 5.56 Å². The van der Waals surface area contributed by atoms with E-state index < -0.39 is 12.0 Å². The van der Waals surface area contributed by atoms with E-state index in [4.69, 9.17) is 16.3 Å². The minimum absolute atomic E-state index is 0.00513. The average molecular weight is 350 g/mol. The Balaban J connectivity index is 1.76. The quantitative estimate of drug-likeness (QED) is 0.904. The highest BCUT2D eigenvalue weighted by Crippen LogP contribution is 2.17. The minimum atomic E-state index is -1.08. The molecule has 126 valence electrons. The Labute approximate surface area is 143 Å². The lowest BCUT2D eigenvalue weighted by Gasteiger charge is -2.32. The van der Waals surface area contributed by atoms with Crippen molar-refractivity contribution in [1.29, 1.82) is 0 Å². The Morgan fingerprint density at radius 1 is 1.38 bits per heavy atom. The van der Waals surface area contributed by atoms with Crippen molar-refractivity contribution in [2.24, 2.45) is 0 Å². The van der Waals surface area contributed by atoms with E-state index in [9.17, 15) is 14.7 Å². The zero-order valence-electron chi connectivity index (χ0n) is 12.8. The molecule has 1 amide bonds. The molecule has 0 spiro atoms. The van der Waals surface area contributed by atoms with Crippen molar-refractivity contribution >= 4 is 23.5 Å². The summed E-state index contributed by atoms with van der Waals surface area (Å²) >= 11 is 6.12. The number of carboxylic acids is 1. The highest BCUT2D eigenvalue weighted by Gasteiger charge is 2.33. The van der Waals surface area contributed by atoms with Crippen LogP contribution in [0.15, 0.2) is 36.7 Å². The van der Waals surface area contributed by atoms with Gasteiger partial charge in [-0.15, -0.1) is 0 Å². The summed E-state index contributed by atoms with van der Waals surface area (Å²) in [5, 5.41) is 14.0. The van der Waals surface area contributed by atoms with Crippen LogP contribution >= 0.6 is 11.6 Å². The van der Waals surface area contributed by atoms with Crippen molar-refractivity contribution in [3.63, 3.8) is 0 Å². The third-order valence-corrected chi connectivity index (χ3v) is 4.21. The number of ether oxygens (including phenoxy) is 1. The summed E-state index contributed by atoms with van der Waals surface area (Å²) in [5.41, 5.74) is 1.23. The molecule has 1 aromatic heterocycles. The maximum atomic E-state index is 12.6. The molecule has 1 aromatic carbocycles. The molecule has 0 saturated carbocycles. The topological polar surface area (TPSA) is 84.7 Å². The summed E-state index contributed by atoms with van der Waals surface area (Å²) in [7, 11) is 0. The van der Waals surface area contributed by atoms with Gasteiger partial charge in [0.2, 0.25) is 0 Å². The molecular weight excluding hydrogens is 334 g/mol. The molecule has 3 rings (SSSR count). The average Bonchev–Trinajstić information content (AvgIpc) is 3.05. The lowest BCUT2D eigenvalue weighted by molar-refractivity contribution is -0.147. The molecule has 0 bridgehead atoms. The molecule has 1 aliphatic rings. The van der Waals surface area contributed by atoms with Crippen LogP contribution in [0.2, 0.25) is 5.02 Å². The van der Waals surface area contributed by atoms with Gasteiger partial charge in [0, 0.05) is 17.8 Å². The molecule has 1 N–H and O–H groups in total. The van der Waals surface area contributed by atoms with Gasteiger partial charge in [0.1, 0.15) is 0 Å². The number of nitrogens with zero attached hydrogens (tertiary/aromatic N) is 3. The molecule has 8 heteroatoms. The van der Waals surface area contributed by atoms with Crippen molar-refractivity contribution in [2.45, 2.75) is 12.6 Å². The van der Waals surface area contributed by atoms with Crippen LogP contribution in [0.4, 0.5) is 0 Å². The standard InChI is InChI=1S/C16H16ClN3O4/c17-13-4-2-1-3-11(13)8-19-9-12(7-18-19)15(21)20-5-6-24-10-14(20)16(22)23/h1-4,7,9,14H,5-6,8,10H2,(H,22,23). The van der Waals surface area contributed by atoms with E-state index in [1.165, 1.54) is 11.1 Å². The van der Waals surface area contributed by atoms with Gasteiger partial charge in [-0.1, -0.05) is 29.8 Å². The van der Waals surface area contributed by atoms with Gasteiger partial charge >= 0.3 is 5.97 Å². The van der Waals surface area contributed by atoms with Gasteiger partial charge in [0.15, 0.2) is 6.04 Å². The fraction of sp³-hybridized carbons (Fsp3) is 0.312. The van der Waals surface area contributed by atoms with E-state index in [1.54, 1.807) is 16.9 Å². The minimum Gasteiger partial charge on any atom is -0.480 e. The second kappa shape index (κ2) is 7.02. The molecule has 0 radical (unpaired) electrons. The van der Waals surface area contributed by atoms with E-state index >= 15 is 0 Å². The van der Waals surface area contributed by atoms with Crippen LogP contribution in [0.5, 0.6) is 0 Å². The SMILES string of the molecule is O=C(O)C1COCCN1C(=O)c1cnn(Cc2ccccc2Cl)c1. The summed E-state index contributed by atoms with van der Waals surface area (Å²) in [5.74, 6) is -1.44. The summed E-state index contributed by atoms with van der Waals surface area (Å²) in [6.07, 6.45) is 3.04.